The number of hydrogen-bond donors (Lipinski definition) is 1. The first-order valence-electron chi connectivity index (χ1n) is 5.17. The summed E-state index contributed by atoms with van der Waals surface area (Å²) in [5, 5.41) is 3.26. The van der Waals surface area contributed by atoms with Crippen LogP contribution in [-0.4, -0.2) is 7.11 Å². The fraction of sp³-hybridized carbons (Fsp3) is 0.333. The molecule has 4 heteroatoms. The Balaban J connectivity index is 1.76. The van der Waals surface area contributed by atoms with Gasteiger partial charge in [0.15, 0.2) is 0 Å². The van der Waals surface area contributed by atoms with Gasteiger partial charge in [0.1, 0.15) is 18.1 Å². The first-order chi connectivity index (χ1) is 7.88. The Labute approximate surface area is 94.2 Å². The molecule has 86 valence electrons. The SMILES string of the molecule is COCc1ccc(CNCc2ccoc2)o1. The summed E-state index contributed by atoms with van der Waals surface area (Å²) in [6.45, 7) is 1.99. The molecule has 0 fully saturated rings. The molecule has 0 aliphatic rings. The average Bonchev–Trinajstić information content (AvgIpc) is 2.90. The van der Waals surface area contributed by atoms with E-state index in [4.69, 9.17) is 13.6 Å². The predicted molar refractivity (Wildman–Crippen MR) is 58.7 cm³/mol. The van der Waals surface area contributed by atoms with E-state index in [0.717, 1.165) is 23.6 Å². The zero-order valence-corrected chi connectivity index (χ0v) is 9.23. The minimum Gasteiger partial charge on any atom is -0.472 e. The fourth-order valence-corrected chi connectivity index (χ4v) is 1.46. The van der Waals surface area contributed by atoms with Crippen molar-refractivity contribution >= 4 is 0 Å². The second kappa shape index (κ2) is 5.53. The lowest BCUT2D eigenvalue weighted by Gasteiger charge is -1.99. The molecule has 4 nitrogen and oxygen atoms in total. The lowest BCUT2D eigenvalue weighted by molar-refractivity contribution is 0.162. The zero-order chi connectivity index (χ0) is 11.2. The Morgan fingerprint density at radius 2 is 2.06 bits per heavy atom. The monoisotopic (exact) mass is 221 g/mol. The molecule has 2 aromatic heterocycles. The highest BCUT2D eigenvalue weighted by atomic mass is 16.5. The highest BCUT2D eigenvalue weighted by Crippen LogP contribution is 2.08. The van der Waals surface area contributed by atoms with Gasteiger partial charge >= 0.3 is 0 Å². The van der Waals surface area contributed by atoms with Gasteiger partial charge in [0.2, 0.25) is 0 Å². The van der Waals surface area contributed by atoms with Gasteiger partial charge in [-0.25, -0.2) is 0 Å². The molecule has 0 radical (unpaired) electrons. The van der Waals surface area contributed by atoms with Crippen LogP contribution < -0.4 is 5.32 Å². The molecule has 0 unspecified atom stereocenters. The number of hydrogen-bond acceptors (Lipinski definition) is 4. The van der Waals surface area contributed by atoms with E-state index in [0.29, 0.717) is 13.2 Å². The van der Waals surface area contributed by atoms with Crippen molar-refractivity contribution in [2.45, 2.75) is 19.7 Å². The summed E-state index contributed by atoms with van der Waals surface area (Å²) in [7, 11) is 1.65. The second-order valence-corrected chi connectivity index (χ2v) is 3.54. The van der Waals surface area contributed by atoms with E-state index < -0.39 is 0 Å². The van der Waals surface area contributed by atoms with Crippen molar-refractivity contribution in [3.8, 4) is 0 Å². The van der Waals surface area contributed by atoms with Gasteiger partial charge in [-0.15, -0.1) is 0 Å². The predicted octanol–water partition coefficient (Wildman–Crippen LogP) is 2.31. The summed E-state index contributed by atoms with van der Waals surface area (Å²) in [4.78, 5) is 0. The zero-order valence-electron chi connectivity index (χ0n) is 9.23. The summed E-state index contributed by atoms with van der Waals surface area (Å²) in [5.41, 5.74) is 1.13. The molecule has 1 N–H and O–H groups in total. The first-order valence-corrected chi connectivity index (χ1v) is 5.17. The molecule has 0 aliphatic heterocycles. The van der Waals surface area contributed by atoms with Crippen molar-refractivity contribution in [3.63, 3.8) is 0 Å². The van der Waals surface area contributed by atoms with Crippen molar-refractivity contribution in [2.75, 3.05) is 7.11 Å². The van der Waals surface area contributed by atoms with Crippen LogP contribution in [0.2, 0.25) is 0 Å². The van der Waals surface area contributed by atoms with Gasteiger partial charge in [0.05, 0.1) is 19.1 Å². The maximum atomic E-state index is 5.53. The normalized spacial score (nSPS) is 10.8. The van der Waals surface area contributed by atoms with Gasteiger partial charge in [-0.05, 0) is 18.2 Å². The van der Waals surface area contributed by atoms with Crippen LogP contribution in [0.25, 0.3) is 0 Å². The Morgan fingerprint density at radius 3 is 2.81 bits per heavy atom. The molecule has 0 amide bonds. The van der Waals surface area contributed by atoms with Crippen LogP contribution in [0.4, 0.5) is 0 Å². The quantitative estimate of drug-likeness (QED) is 0.813. The molecule has 0 aliphatic carbocycles. The number of ether oxygens (including phenoxy) is 1. The number of furan rings is 2. The third-order valence-corrected chi connectivity index (χ3v) is 2.21. The number of methoxy groups -OCH3 is 1. The average molecular weight is 221 g/mol. The van der Waals surface area contributed by atoms with Gasteiger partial charge < -0.3 is 18.9 Å². The van der Waals surface area contributed by atoms with Crippen LogP contribution in [0.3, 0.4) is 0 Å². The molecule has 2 aromatic rings. The standard InChI is InChI=1S/C12H15NO3/c1-14-9-12-3-2-11(16-12)7-13-6-10-4-5-15-8-10/h2-5,8,13H,6-7,9H2,1H3. The summed E-state index contributed by atoms with van der Waals surface area (Å²) >= 11 is 0. The van der Waals surface area contributed by atoms with Crippen LogP contribution in [0.15, 0.2) is 39.6 Å². The first kappa shape index (κ1) is 11.0. The van der Waals surface area contributed by atoms with Crippen LogP contribution in [0.5, 0.6) is 0 Å². The molecular weight excluding hydrogens is 206 g/mol. The topological polar surface area (TPSA) is 47.5 Å². The molecule has 0 aromatic carbocycles. The molecular formula is C12H15NO3. The Morgan fingerprint density at radius 1 is 1.19 bits per heavy atom. The largest absolute Gasteiger partial charge is 0.472 e. The molecule has 0 saturated heterocycles. The number of nitrogens with one attached hydrogen (secondary N) is 1. The van der Waals surface area contributed by atoms with Crippen molar-refractivity contribution in [3.05, 3.63) is 47.8 Å². The van der Waals surface area contributed by atoms with Crippen molar-refractivity contribution < 1.29 is 13.6 Å². The highest BCUT2D eigenvalue weighted by molar-refractivity contribution is 5.08. The molecule has 0 spiro atoms. The lowest BCUT2D eigenvalue weighted by Crippen LogP contribution is -2.11. The Kier molecular flexibility index (Phi) is 3.80. The van der Waals surface area contributed by atoms with Crippen LogP contribution in [-0.2, 0) is 24.4 Å². The molecule has 2 rings (SSSR count). The fourth-order valence-electron chi connectivity index (χ4n) is 1.46. The third-order valence-electron chi connectivity index (χ3n) is 2.21. The van der Waals surface area contributed by atoms with Crippen LogP contribution in [0.1, 0.15) is 17.1 Å². The summed E-state index contributed by atoms with van der Waals surface area (Å²) in [6, 6.07) is 5.82. The molecule has 0 atom stereocenters. The van der Waals surface area contributed by atoms with Gasteiger partial charge in [-0.3, -0.25) is 0 Å². The molecule has 2 heterocycles. The molecule has 0 saturated carbocycles. The Bertz CT molecular complexity index is 406. The highest BCUT2D eigenvalue weighted by Gasteiger charge is 2.01. The van der Waals surface area contributed by atoms with Crippen LogP contribution >= 0.6 is 0 Å². The maximum Gasteiger partial charge on any atom is 0.129 e. The summed E-state index contributed by atoms with van der Waals surface area (Å²) < 4.78 is 15.5. The van der Waals surface area contributed by atoms with E-state index >= 15 is 0 Å². The van der Waals surface area contributed by atoms with Crippen molar-refractivity contribution in [2.24, 2.45) is 0 Å². The minimum atomic E-state index is 0.516. The van der Waals surface area contributed by atoms with Crippen molar-refractivity contribution in [1.82, 2.24) is 5.32 Å². The minimum absolute atomic E-state index is 0.516. The smallest absolute Gasteiger partial charge is 0.129 e. The van der Waals surface area contributed by atoms with Gasteiger partial charge in [-0.2, -0.15) is 0 Å². The maximum absolute atomic E-state index is 5.53. The van der Waals surface area contributed by atoms with Gasteiger partial charge in [0, 0.05) is 19.2 Å². The lowest BCUT2D eigenvalue weighted by atomic mass is 10.3. The second-order valence-electron chi connectivity index (χ2n) is 3.54. The van der Waals surface area contributed by atoms with E-state index in [2.05, 4.69) is 5.32 Å². The Hall–Kier alpha value is -1.52. The van der Waals surface area contributed by atoms with E-state index in [1.165, 1.54) is 0 Å². The van der Waals surface area contributed by atoms with E-state index in [1.807, 2.05) is 18.2 Å². The molecule has 0 bridgehead atoms. The van der Waals surface area contributed by atoms with E-state index in [1.54, 1.807) is 19.6 Å². The van der Waals surface area contributed by atoms with Crippen LogP contribution in [0, 0.1) is 0 Å². The number of rotatable bonds is 6. The summed E-state index contributed by atoms with van der Waals surface area (Å²) in [5.74, 6) is 1.76. The summed E-state index contributed by atoms with van der Waals surface area (Å²) in [6.07, 6.45) is 3.39. The van der Waals surface area contributed by atoms with E-state index in [-0.39, 0.29) is 0 Å². The van der Waals surface area contributed by atoms with Gasteiger partial charge in [-0.1, -0.05) is 0 Å². The van der Waals surface area contributed by atoms with Gasteiger partial charge in [0.25, 0.3) is 0 Å². The van der Waals surface area contributed by atoms with Crippen molar-refractivity contribution in [1.29, 1.82) is 0 Å². The third kappa shape index (κ3) is 2.98. The van der Waals surface area contributed by atoms with E-state index in [9.17, 15) is 0 Å². The molecule has 16 heavy (non-hydrogen) atoms.